The molecule has 3 N–H and O–H groups in total. The number of ether oxygens (including phenoxy) is 1. The van der Waals surface area contributed by atoms with Crippen molar-refractivity contribution in [3.63, 3.8) is 0 Å². The highest BCUT2D eigenvalue weighted by molar-refractivity contribution is 6.33. The number of piperazine rings is 1. The predicted molar refractivity (Wildman–Crippen MR) is 234 cm³/mol. The van der Waals surface area contributed by atoms with Crippen LogP contribution in [-0.4, -0.2) is 118 Å². The number of hydrogen-bond acceptors (Lipinski definition) is 13. The van der Waals surface area contributed by atoms with Gasteiger partial charge in [0, 0.05) is 75.4 Å². The molecular formula is C44H51ClN10O7. The van der Waals surface area contributed by atoms with Gasteiger partial charge >= 0.3 is 0 Å². The molecule has 17 nitrogen and oxygen atoms in total. The van der Waals surface area contributed by atoms with Crippen LogP contribution >= 0.6 is 11.6 Å². The fourth-order valence-electron chi connectivity index (χ4n) is 9.29. The molecule has 2 aromatic carbocycles. The molecule has 0 saturated carbocycles. The Balaban J connectivity index is 0.903. The molecule has 0 spiro atoms. The van der Waals surface area contributed by atoms with Crippen molar-refractivity contribution >= 4 is 75.2 Å². The first-order valence-electron chi connectivity index (χ1n) is 21.1. The number of nitrogens with zero attached hydrogens (tertiary/aromatic N) is 7. The lowest BCUT2D eigenvalue weighted by molar-refractivity contribution is -0.136. The maximum absolute atomic E-state index is 13.8. The molecule has 0 radical (unpaired) electrons. The molecule has 3 fully saturated rings. The van der Waals surface area contributed by atoms with Crippen LogP contribution in [0.1, 0.15) is 80.1 Å². The summed E-state index contributed by atoms with van der Waals surface area (Å²) < 4.78 is 7.26. The zero-order chi connectivity index (χ0) is 44.0. The Morgan fingerprint density at radius 3 is 2.39 bits per heavy atom. The summed E-state index contributed by atoms with van der Waals surface area (Å²) in [6.07, 6.45) is 3.56. The molecule has 2 aromatic heterocycles. The molecule has 62 heavy (non-hydrogen) atoms. The quantitative estimate of drug-likeness (QED) is 0.183. The van der Waals surface area contributed by atoms with Gasteiger partial charge in [0.25, 0.3) is 23.3 Å². The van der Waals surface area contributed by atoms with E-state index in [0.29, 0.717) is 71.4 Å². The van der Waals surface area contributed by atoms with Gasteiger partial charge in [0.1, 0.15) is 11.1 Å². The van der Waals surface area contributed by atoms with Crippen LogP contribution in [-0.2, 0) is 14.4 Å². The molecule has 3 saturated heterocycles. The van der Waals surface area contributed by atoms with Gasteiger partial charge in [0.05, 0.1) is 28.5 Å². The molecule has 4 aromatic rings. The number of hydrogen-bond donors (Lipinski definition) is 3. The van der Waals surface area contributed by atoms with E-state index in [1.54, 1.807) is 29.0 Å². The van der Waals surface area contributed by atoms with Crippen molar-refractivity contribution in [2.75, 3.05) is 68.0 Å². The number of piperidine rings is 2. The van der Waals surface area contributed by atoms with E-state index < -0.39 is 29.7 Å². The molecule has 1 atom stereocenters. The van der Waals surface area contributed by atoms with Crippen molar-refractivity contribution in [2.24, 2.45) is 5.92 Å². The van der Waals surface area contributed by atoms with Gasteiger partial charge in [-0.15, -0.1) is 0 Å². The monoisotopic (exact) mass is 866 g/mol. The Morgan fingerprint density at radius 1 is 0.952 bits per heavy atom. The van der Waals surface area contributed by atoms with Crippen molar-refractivity contribution in [3.05, 3.63) is 75.2 Å². The molecule has 8 rings (SSSR count). The molecular weight excluding hydrogens is 816 g/mol. The number of halogens is 1. The summed E-state index contributed by atoms with van der Waals surface area (Å²) in [5.41, 5.74) is 2.29. The Hall–Kier alpha value is -6.07. The van der Waals surface area contributed by atoms with Crippen LogP contribution < -0.4 is 36.0 Å². The standard InChI is InChI=1S/C44H51ClN10O7/c1-25(2)54-31-10-9-28(21-26(31)22-34(41(54)60)62-24-36(57)46-5)48-38-30(45)23-47-43(50-38)52-17-19-53(20-18-52)44(3,4)27-13-15-51(16-14-27)32-8-6-7-29-37(32)42(61)55(40(29)59)33-11-12-35(56)49-39(33)58/h6-10,21-23,25,27,33H,11-20,24H2,1-5H3,(H,46,57)(H,47,48,50)(H,49,56,58). The Bertz CT molecular complexity index is 2530. The Kier molecular flexibility index (Phi) is 11.7. The minimum Gasteiger partial charge on any atom is -0.478 e. The number of likely N-dealkylation sites (N-methyl/N-ethyl adjacent to an activating group) is 1. The van der Waals surface area contributed by atoms with Crippen molar-refractivity contribution in [2.45, 2.75) is 71.0 Å². The lowest BCUT2D eigenvalue weighted by atomic mass is 9.78. The van der Waals surface area contributed by atoms with E-state index in [4.69, 9.17) is 21.3 Å². The summed E-state index contributed by atoms with van der Waals surface area (Å²) in [6, 6.07) is 11.4. The minimum atomic E-state index is -1.01. The zero-order valence-corrected chi connectivity index (χ0v) is 36.3. The van der Waals surface area contributed by atoms with Crippen LogP contribution in [0.15, 0.2) is 53.5 Å². The summed E-state index contributed by atoms with van der Waals surface area (Å²) in [6.45, 7) is 12.6. The lowest BCUT2D eigenvalue weighted by Crippen LogP contribution is -2.59. The number of benzene rings is 2. The number of carbonyl (C=O) groups excluding carboxylic acids is 5. The number of carbonyl (C=O) groups is 5. The van der Waals surface area contributed by atoms with Crippen molar-refractivity contribution in [3.8, 4) is 5.75 Å². The first-order valence-corrected chi connectivity index (χ1v) is 21.5. The van der Waals surface area contributed by atoms with Crippen LogP contribution in [0.2, 0.25) is 5.02 Å². The van der Waals surface area contributed by atoms with Crippen molar-refractivity contribution < 1.29 is 28.7 Å². The van der Waals surface area contributed by atoms with E-state index in [1.807, 2.05) is 38.1 Å². The fourth-order valence-corrected chi connectivity index (χ4v) is 9.43. The molecule has 6 heterocycles. The van der Waals surface area contributed by atoms with Crippen LogP contribution in [0.25, 0.3) is 10.9 Å². The van der Waals surface area contributed by atoms with Crippen molar-refractivity contribution in [1.29, 1.82) is 0 Å². The normalized spacial score (nSPS) is 19.0. The third-order valence-corrected chi connectivity index (χ3v) is 13.1. The second kappa shape index (κ2) is 17.0. The SMILES string of the molecule is CNC(=O)COc1cc2cc(Nc3nc(N4CCN(C(C)(C)C5CCN(c6cccc7c6C(=O)N(C6CCC(=O)NC6=O)C7=O)CC5)CC4)ncc3Cl)ccc2n(C(C)C)c1=O. The van der Waals surface area contributed by atoms with E-state index >= 15 is 0 Å². The smallest absolute Gasteiger partial charge is 0.293 e. The molecule has 0 bridgehead atoms. The average molecular weight is 867 g/mol. The van der Waals surface area contributed by atoms with Crippen LogP contribution in [0.5, 0.6) is 5.75 Å². The number of aromatic nitrogens is 3. The van der Waals surface area contributed by atoms with Gasteiger partial charge in [-0.2, -0.15) is 4.98 Å². The highest BCUT2D eigenvalue weighted by Gasteiger charge is 2.47. The largest absolute Gasteiger partial charge is 0.478 e. The lowest BCUT2D eigenvalue weighted by Gasteiger charge is -2.50. The van der Waals surface area contributed by atoms with Gasteiger partial charge in [-0.3, -0.25) is 43.9 Å². The second-order valence-electron chi connectivity index (χ2n) is 17.0. The van der Waals surface area contributed by atoms with E-state index in [1.165, 1.54) is 7.05 Å². The number of anilines is 4. The number of pyridine rings is 1. The third-order valence-electron chi connectivity index (χ3n) is 12.8. The van der Waals surface area contributed by atoms with E-state index in [-0.39, 0.29) is 48.2 Å². The number of nitrogens with one attached hydrogen (secondary N) is 3. The van der Waals surface area contributed by atoms with Crippen LogP contribution in [0.3, 0.4) is 0 Å². The zero-order valence-electron chi connectivity index (χ0n) is 35.5. The first-order chi connectivity index (χ1) is 29.7. The van der Waals surface area contributed by atoms with Gasteiger partial charge in [0.2, 0.25) is 17.8 Å². The topological polar surface area (TPSA) is 191 Å². The fraction of sp³-hybridized carbons (Fsp3) is 0.455. The second-order valence-corrected chi connectivity index (χ2v) is 17.4. The van der Waals surface area contributed by atoms with E-state index in [2.05, 4.69) is 49.5 Å². The highest BCUT2D eigenvalue weighted by Crippen LogP contribution is 2.39. The third kappa shape index (κ3) is 7.94. The van der Waals surface area contributed by atoms with Crippen molar-refractivity contribution in [1.82, 2.24) is 35.0 Å². The summed E-state index contributed by atoms with van der Waals surface area (Å²) in [5, 5.41) is 9.19. The number of imide groups is 2. The van der Waals surface area contributed by atoms with Gasteiger partial charge < -0.3 is 29.7 Å². The maximum atomic E-state index is 13.8. The summed E-state index contributed by atoms with van der Waals surface area (Å²) in [7, 11) is 1.51. The molecule has 4 aliphatic rings. The number of rotatable bonds is 11. The summed E-state index contributed by atoms with van der Waals surface area (Å²) >= 11 is 6.63. The van der Waals surface area contributed by atoms with E-state index in [9.17, 15) is 28.8 Å². The summed E-state index contributed by atoms with van der Waals surface area (Å²) in [5.74, 6) is -0.904. The Morgan fingerprint density at radius 2 is 1.69 bits per heavy atom. The van der Waals surface area contributed by atoms with Gasteiger partial charge in [0.15, 0.2) is 18.2 Å². The first kappa shape index (κ1) is 42.6. The maximum Gasteiger partial charge on any atom is 0.293 e. The van der Waals surface area contributed by atoms with Gasteiger partial charge in [-0.1, -0.05) is 17.7 Å². The number of fused-ring (bicyclic) bond motifs is 2. The average Bonchev–Trinajstić information content (AvgIpc) is 3.51. The molecule has 1 unspecified atom stereocenters. The minimum absolute atomic E-state index is 0.0732. The highest BCUT2D eigenvalue weighted by atomic mass is 35.5. The van der Waals surface area contributed by atoms with Crippen LogP contribution in [0, 0.1) is 5.92 Å². The molecule has 0 aliphatic carbocycles. The summed E-state index contributed by atoms with van der Waals surface area (Å²) in [4.78, 5) is 94.0. The number of amides is 5. The molecule has 4 aliphatic heterocycles. The molecule has 18 heteroatoms. The predicted octanol–water partition coefficient (Wildman–Crippen LogP) is 4.11. The Labute approximate surface area is 363 Å². The molecule has 326 valence electrons. The van der Waals surface area contributed by atoms with Gasteiger partial charge in [-0.05, 0) is 89.3 Å². The molecule has 5 amide bonds. The van der Waals surface area contributed by atoms with Crippen LogP contribution in [0.4, 0.5) is 23.1 Å². The van der Waals surface area contributed by atoms with E-state index in [0.717, 1.165) is 41.7 Å². The van der Waals surface area contributed by atoms with Gasteiger partial charge in [-0.25, -0.2) is 4.98 Å².